The molecule has 0 saturated carbocycles. The number of nitrogens with zero attached hydrogens (tertiary/aromatic N) is 1. The van der Waals surface area contributed by atoms with E-state index in [0.29, 0.717) is 18.1 Å². The summed E-state index contributed by atoms with van der Waals surface area (Å²) in [5.74, 6) is 0.147. The summed E-state index contributed by atoms with van der Waals surface area (Å²) in [7, 11) is 0. The third kappa shape index (κ3) is 5.61. The highest BCUT2D eigenvalue weighted by atomic mass is 16.5. The number of carbonyl (C=O) groups is 2. The number of carboxylic acids is 1. The van der Waals surface area contributed by atoms with Gasteiger partial charge in [-0.1, -0.05) is 48.5 Å². The van der Waals surface area contributed by atoms with Crippen molar-refractivity contribution in [2.24, 2.45) is 0 Å². The maximum absolute atomic E-state index is 13.3. The van der Waals surface area contributed by atoms with Gasteiger partial charge in [0.25, 0.3) is 0 Å². The van der Waals surface area contributed by atoms with Crippen LogP contribution in [0.3, 0.4) is 0 Å². The fraction of sp³-hybridized carbons (Fsp3) is 0.286. The Balaban J connectivity index is 1.43. The first-order valence-electron chi connectivity index (χ1n) is 11.5. The van der Waals surface area contributed by atoms with Crippen LogP contribution in [0, 0.1) is 0 Å². The molecular weight excluding hydrogens is 414 g/mol. The van der Waals surface area contributed by atoms with Gasteiger partial charge >= 0.3 is 5.97 Å². The van der Waals surface area contributed by atoms with Crippen molar-refractivity contribution in [3.05, 3.63) is 90.0 Å². The molecule has 0 aromatic heterocycles. The summed E-state index contributed by atoms with van der Waals surface area (Å²) in [6.07, 6.45) is 5.18. The van der Waals surface area contributed by atoms with Gasteiger partial charge in [0.1, 0.15) is 5.75 Å². The minimum absolute atomic E-state index is 0.0852. The van der Waals surface area contributed by atoms with Crippen LogP contribution in [0.2, 0.25) is 0 Å². The Morgan fingerprint density at radius 2 is 1.58 bits per heavy atom. The van der Waals surface area contributed by atoms with Gasteiger partial charge in [-0.3, -0.25) is 9.69 Å². The quantitative estimate of drug-likeness (QED) is 0.434. The summed E-state index contributed by atoms with van der Waals surface area (Å²) in [4.78, 5) is 26.0. The molecule has 4 rings (SSSR count). The molecule has 1 amide bonds. The number of hydrogen-bond acceptors (Lipinski definition) is 3. The SMILES string of the molecule is O=C(O)COc1cccc2c1CCCC2CCCC(=O)N(c1ccccc1)c1ccccc1. The summed E-state index contributed by atoms with van der Waals surface area (Å²) in [6, 6.07) is 25.4. The van der Waals surface area contributed by atoms with Crippen molar-refractivity contribution < 1.29 is 19.4 Å². The van der Waals surface area contributed by atoms with Gasteiger partial charge in [-0.15, -0.1) is 0 Å². The highest BCUT2D eigenvalue weighted by molar-refractivity contribution is 6.00. The van der Waals surface area contributed by atoms with Crippen LogP contribution in [-0.4, -0.2) is 23.6 Å². The second-order valence-corrected chi connectivity index (χ2v) is 8.39. The molecule has 1 atom stereocenters. The fourth-order valence-electron chi connectivity index (χ4n) is 4.69. The summed E-state index contributed by atoms with van der Waals surface area (Å²) in [5, 5.41) is 8.95. The van der Waals surface area contributed by atoms with Crippen LogP contribution in [0.5, 0.6) is 5.75 Å². The number of carbonyl (C=O) groups excluding carboxylic acids is 1. The molecule has 170 valence electrons. The zero-order valence-electron chi connectivity index (χ0n) is 18.7. The molecule has 3 aromatic carbocycles. The van der Waals surface area contributed by atoms with E-state index in [1.807, 2.05) is 72.8 Å². The number of hydrogen-bond donors (Lipinski definition) is 1. The number of rotatable bonds is 9. The predicted molar refractivity (Wildman–Crippen MR) is 129 cm³/mol. The number of fused-ring (bicyclic) bond motifs is 1. The maximum atomic E-state index is 13.3. The molecule has 0 saturated heterocycles. The molecule has 1 unspecified atom stereocenters. The van der Waals surface area contributed by atoms with Crippen LogP contribution < -0.4 is 9.64 Å². The molecular formula is C28H29NO4. The largest absolute Gasteiger partial charge is 0.482 e. The van der Waals surface area contributed by atoms with Crippen molar-refractivity contribution in [1.82, 2.24) is 0 Å². The van der Waals surface area contributed by atoms with Gasteiger partial charge in [-0.25, -0.2) is 4.79 Å². The van der Waals surface area contributed by atoms with Crippen molar-refractivity contribution in [1.29, 1.82) is 0 Å². The Bertz CT molecular complexity index is 1040. The molecule has 1 N–H and O–H groups in total. The summed E-state index contributed by atoms with van der Waals surface area (Å²) in [5.41, 5.74) is 4.10. The number of ether oxygens (including phenoxy) is 1. The average Bonchev–Trinajstić information content (AvgIpc) is 2.84. The molecule has 1 aliphatic carbocycles. The van der Waals surface area contributed by atoms with Crippen molar-refractivity contribution in [3.8, 4) is 5.75 Å². The normalized spacial score (nSPS) is 14.8. The number of carboxylic acid groups (broad SMARTS) is 1. The van der Waals surface area contributed by atoms with E-state index in [0.717, 1.165) is 49.0 Å². The van der Waals surface area contributed by atoms with Crippen molar-refractivity contribution in [3.63, 3.8) is 0 Å². The third-order valence-electron chi connectivity index (χ3n) is 6.16. The molecule has 0 radical (unpaired) electrons. The van der Waals surface area contributed by atoms with E-state index in [2.05, 4.69) is 6.07 Å². The van der Waals surface area contributed by atoms with Crippen molar-refractivity contribution in [2.75, 3.05) is 11.5 Å². The summed E-state index contributed by atoms with van der Waals surface area (Å²) in [6.45, 7) is -0.329. The summed E-state index contributed by atoms with van der Waals surface area (Å²) < 4.78 is 5.53. The highest BCUT2D eigenvalue weighted by Gasteiger charge is 2.24. The van der Waals surface area contributed by atoms with Crippen molar-refractivity contribution >= 4 is 23.3 Å². The Morgan fingerprint density at radius 3 is 2.21 bits per heavy atom. The molecule has 0 heterocycles. The summed E-state index contributed by atoms with van der Waals surface area (Å²) >= 11 is 0. The number of benzene rings is 3. The topological polar surface area (TPSA) is 66.8 Å². The second kappa shape index (κ2) is 10.8. The molecule has 0 aliphatic heterocycles. The second-order valence-electron chi connectivity index (χ2n) is 8.39. The lowest BCUT2D eigenvalue weighted by molar-refractivity contribution is -0.139. The molecule has 0 fully saturated rings. The van der Waals surface area contributed by atoms with Crippen LogP contribution in [0.25, 0.3) is 0 Å². The van der Waals surface area contributed by atoms with E-state index in [1.165, 1.54) is 5.56 Å². The lowest BCUT2D eigenvalue weighted by atomic mass is 9.80. The number of amides is 1. The van der Waals surface area contributed by atoms with Gasteiger partial charge in [0.15, 0.2) is 6.61 Å². The highest BCUT2D eigenvalue weighted by Crippen LogP contribution is 2.39. The van der Waals surface area contributed by atoms with E-state index in [1.54, 1.807) is 4.90 Å². The smallest absolute Gasteiger partial charge is 0.341 e. The third-order valence-corrected chi connectivity index (χ3v) is 6.16. The Hall–Kier alpha value is -3.60. The Morgan fingerprint density at radius 1 is 0.909 bits per heavy atom. The standard InChI is InChI=1S/C28H29NO4/c30-27(29(22-12-3-1-4-13-22)23-14-5-2-6-15-23)19-8-11-21-10-7-17-25-24(21)16-9-18-26(25)33-20-28(31)32/h1-6,9,12-16,18,21H,7-8,10-11,17,19-20H2,(H,31,32). The maximum Gasteiger partial charge on any atom is 0.341 e. The first kappa shape index (κ1) is 22.6. The van der Waals surface area contributed by atoms with E-state index < -0.39 is 5.97 Å². The zero-order valence-corrected chi connectivity index (χ0v) is 18.7. The predicted octanol–water partition coefficient (Wildman–Crippen LogP) is 6.11. The molecule has 5 heteroatoms. The Kier molecular flexibility index (Phi) is 7.40. The molecule has 1 aliphatic rings. The fourth-order valence-corrected chi connectivity index (χ4v) is 4.69. The van der Waals surface area contributed by atoms with Crippen molar-refractivity contribution in [2.45, 2.75) is 44.4 Å². The van der Waals surface area contributed by atoms with Gasteiger partial charge < -0.3 is 9.84 Å². The number of para-hydroxylation sites is 2. The van der Waals surface area contributed by atoms with Crippen LogP contribution >= 0.6 is 0 Å². The monoisotopic (exact) mass is 443 g/mol. The van der Waals surface area contributed by atoms with Crippen LogP contribution in [0.4, 0.5) is 11.4 Å². The number of aliphatic carboxylic acids is 1. The zero-order chi connectivity index (χ0) is 23.0. The first-order chi connectivity index (χ1) is 16.1. The lowest BCUT2D eigenvalue weighted by Gasteiger charge is -2.28. The van der Waals surface area contributed by atoms with E-state index in [9.17, 15) is 9.59 Å². The van der Waals surface area contributed by atoms with Gasteiger partial charge in [0.2, 0.25) is 5.91 Å². The van der Waals surface area contributed by atoms with Gasteiger partial charge in [0, 0.05) is 17.8 Å². The van der Waals surface area contributed by atoms with E-state index in [-0.39, 0.29) is 12.5 Å². The van der Waals surface area contributed by atoms with E-state index in [4.69, 9.17) is 9.84 Å². The number of anilines is 2. The Labute approximate surface area is 194 Å². The molecule has 33 heavy (non-hydrogen) atoms. The van der Waals surface area contributed by atoms with Crippen LogP contribution in [0.1, 0.15) is 49.1 Å². The first-order valence-corrected chi connectivity index (χ1v) is 11.5. The van der Waals surface area contributed by atoms with Gasteiger partial charge in [-0.05, 0) is 79.5 Å². The minimum Gasteiger partial charge on any atom is -0.482 e. The molecule has 3 aromatic rings. The molecule has 0 bridgehead atoms. The minimum atomic E-state index is -0.972. The van der Waals surface area contributed by atoms with Gasteiger partial charge in [-0.2, -0.15) is 0 Å². The average molecular weight is 444 g/mol. The lowest BCUT2D eigenvalue weighted by Crippen LogP contribution is -2.25. The molecule has 0 spiro atoms. The van der Waals surface area contributed by atoms with E-state index >= 15 is 0 Å². The van der Waals surface area contributed by atoms with Crippen LogP contribution in [-0.2, 0) is 16.0 Å². The van der Waals surface area contributed by atoms with Crippen LogP contribution in [0.15, 0.2) is 78.9 Å². The van der Waals surface area contributed by atoms with Gasteiger partial charge in [0.05, 0.1) is 0 Å². The molecule has 5 nitrogen and oxygen atoms in total.